The number of aromatic nitrogens is 3. The molecule has 1 aliphatic heterocycles. The minimum Gasteiger partial charge on any atom is -0.348 e. The summed E-state index contributed by atoms with van der Waals surface area (Å²) in [6, 6.07) is 5.24. The van der Waals surface area contributed by atoms with E-state index in [0.29, 0.717) is 16.2 Å². The maximum absolute atomic E-state index is 13.0. The number of hydrogen-bond donors (Lipinski definition) is 3. The zero-order valence-corrected chi connectivity index (χ0v) is 19.3. The van der Waals surface area contributed by atoms with Crippen LogP contribution in [0.2, 0.25) is 0 Å². The SMILES string of the molecule is C.CCc1cc(-c2ccc(S(=O)(=O)NC3CCN(Cc4ncc[nH]4)CC3)s2)c(C)[nH]c1=O. The Kier molecular flexibility index (Phi) is 7.71. The molecule has 1 fully saturated rings. The predicted molar refractivity (Wildman–Crippen MR) is 128 cm³/mol. The standard InChI is InChI=1S/C21H27N5O3S2.CH4/c1-3-15-12-17(14(2)24-21(15)27)18-4-5-20(30-18)31(28,29)25-16-6-10-26(11-7-16)13-19-22-8-9-23-19;/h4-5,8-9,12,16,25H,3,6-7,10-11,13H2,1-2H3,(H,22,23)(H,24,27);1H4. The summed E-state index contributed by atoms with van der Waals surface area (Å²) in [5.74, 6) is 0.925. The third-order valence-corrected chi connectivity index (χ3v) is 8.78. The van der Waals surface area contributed by atoms with Gasteiger partial charge in [-0.25, -0.2) is 18.1 Å². The van der Waals surface area contributed by atoms with E-state index in [2.05, 4.69) is 24.6 Å². The fraction of sp³-hybridized carbons (Fsp3) is 0.455. The second-order valence-corrected chi connectivity index (χ2v) is 10.9. The molecule has 3 aromatic heterocycles. The van der Waals surface area contributed by atoms with Crippen LogP contribution in [-0.4, -0.2) is 47.4 Å². The van der Waals surface area contributed by atoms with E-state index < -0.39 is 10.0 Å². The highest BCUT2D eigenvalue weighted by atomic mass is 32.2. The van der Waals surface area contributed by atoms with Crippen molar-refractivity contribution in [2.45, 2.75) is 57.3 Å². The van der Waals surface area contributed by atoms with E-state index in [1.165, 1.54) is 11.3 Å². The van der Waals surface area contributed by atoms with Gasteiger partial charge in [0.1, 0.15) is 10.0 Å². The van der Waals surface area contributed by atoms with Crippen molar-refractivity contribution in [3.8, 4) is 10.4 Å². The summed E-state index contributed by atoms with van der Waals surface area (Å²) in [4.78, 5) is 25.3. The minimum absolute atomic E-state index is 0. The van der Waals surface area contributed by atoms with Gasteiger partial charge in [-0.1, -0.05) is 14.4 Å². The number of nitrogens with one attached hydrogen (secondary N) is 3. The fourth-order valence-electron chi connectivity index (χ4n) is 3.88. The molecule has 10 heteroatoms. The summed E-state index contributed by atoms with van der Waals surface area (Å²) in [7, 11) is -3.59. The van der Waals surface area contributed by atoms with Crippen molar-refractivity contribution < 1.29 is 8.42 Å². The van der Waals surface area contributed by atoms with Crippen LogP contribution in [0.15, 0.2) is 39.6 Å². The van der Waals surface area contributed by atoms with E-state index in [4.69, 9.17) is 0 Å². The molecule has 4 heterocycles. The molecule has 3 aromatic rings. The van der Waals surface area contributed by atoms with Gasteiger partial charge in [0.15, 0.2) is 0 Å². The lowest BCUT2D eigenvalue weighted by Crippen LogP contribution is -2.44. The topological polar surface area (TPSA) is 111 Å². The van der Waals surface area contributed by atoms with Crippen LogP contribution >= 0.6 is 11.3 Å². The van der Waals surface area contributed by atoms with E-state index >= 15 is 0 Å². The molecule has 0 bridgehead atoms. The van der Waals surface area contributed by atoms with Crippen molar-refractivity contribution in [2.75, 3.05) is 13.1 Å². The number of aryl methyl sites for hydroxylation is 2. The van der Waals surface area contributed by atoms with Crippen LogP contribution in [0.25, 0.3) is 10.4 Å². The van der Waals surface area contributed by atoms with Crippen molar-refractivity contribution in [3.05, 3.63) is 58.0 Å². The van der Waals surface area contributed by atoms with Gasteiger partial charge in [0.2, 0.25) is 10.0 Å². The third-order valence-electron chi connectivity index (χ3n) is 5.65. The average molecular weight is 478 g/mol. The molecule has 0 saturated carbocycles. The molecule has 0 atom stereocenters. The Balaban J connectivity index is 0.00000289. The number of piperidine rings is 1. The van der Waals surface area contributed by atoms with Crippen LogP contribution in [0.5, 0.6) is 0 Å². The molecule has 8 nitrogen and oxygen atoms in total. The molecule has 32 heavy (non-hydrogen) atoms. The molecule has 0 unspecified atom stereocenters. The van der Waals surface area contributed by atoms with Crippen LogP contribution < -0.4 is 10.3 Å². The van der Waals surface area contributed by atoms with Crippen LogP contribution in [0, 0.1) is 6.92 Å². The smallest absolute Gasteiger partial charge is 0.251 e. The van der Waals surface area contributed by atoms with Gasteiger partial charge in [-0.15, -0.1) is 11.3 Å². The largest absolute Gasteiger partial charge is 0.348 e. The maximum atomic E-state index is 13.0. The molecule has 0 aliphatic carbocycles. The van der Waals surface area contributed by atoms with Gasteiger partial charge < -0.3 is 9.97 Å². The normalized spacial score (nSPS) is 15.6. The van der Waals surface area contributed by atoms with Crippen LogP contribution in [0.4, 0.5) is 0 Å². The lowest BCUT2D eigenvalue weighted by atomic mass is 10.1. The van der Waals surface area contributed by atoms with E-state index in [9.17, 15) is 13.2 Å². The average Bonchev–Trinajstić information content (AvgIpc) is 3.42. The Hall–Kier alpha value is -2.27. The number of hydrogen-bond acceptors (Lipinski definition) is 6. The number of rotatable bonds is 7. The first kappa shape index (κ1) is 24.4. The second kappa shape index (κ2) is 10.1. The quantitative estimate of drug-likeness (QED) is 0.484. The van der Waals surface area contributed by atoms with Gasteiger partial charge in [0.05, 0.1) is 6.54 Å². The molecule has 0 amide bonds. The molecule has 0 aromatic carbocycles. The number of likely N-dealkylation sites (tertiary alicyclic amines) is 1. The molecule has 0 radical (unpaired) electrons. The molecule has 4 rings (SSSR count). The van der Waals surface area contributed by atoms with E-state index in [0.717, 1.165) is 54.4 Å². The van der Waals surface area contributed by atoms with Crippen LogP contribution in [-0.2, 0) is 23.0 Å². The van der Waals surface area contributed by atoms with Gasteiger partial charge in [0, 0.05) is 53.2 Å². The highest BCUT2D eigenvalue weighted by Gasteiger charge is 2.26. The first-order valence-electron chi connectivity index (χ1n) is 10.4. The number of thiophene rings is 1. The van der Waals surface area contributed by atoms with Gasteiger partial charge >= 0.3 is 0 Å². The number of sulfonamides is 1. The highest BCUT2D eigenvalue weighted by molar-refractivity contribution is 7.91. The van der Waals surface area contributed by atoms with Crippen LogP contribution in [0.1, 0.15) is 44.3 Å². The van der Waals surface area contributed by atoms with Crippen molar-refractivity contribution in [2.24, 2.45) is 0 Å². The zero-order chi connectivity index (χ0) is 22.0. The molecule has 1 aliphatic rings. The molecule has 174 valence electrons. The fourth-order valence-corrected chi connectivity index (χ4v) is 6.58. The Morgan fingerprint density at radius 2 is 2.03 bits per heavy atom. The Bertz CT molecular complexity index is 1190. The number of imidazole rings is 1. The number of pyridine rings is 1. The van der Waals surface area contributed by atoms with E-state index in [-0.39, 0.29) is 19.0 Å². The van der Waals surface area contributed by atoms with Gasteiger partial charge in [-0.2, -0.15) is 0 Å². The third kappa shape index (κ3) is 5.37. The molecular weight excluding hydrogens is 446 g/mol. The summed E-state index contributed by atoms with van der Waals surface area (Å²) in [6.45, 7) is 6.15. The van der Waals surface area contributed by atoms with Crippen molar-refractivity contribution in [3.63, 3.8) is 0 Å². The van der Waals surface area contributed by atoms with Gasteiger partial charge in [-0.3, -0.25) is 9.69 Å². The summed E-state index contributed by atoms with van der Waals surface area (Å²) >= 11 is 1.23. The molecule has 3 N–H and O–H groups in total. The lowest BCUT2D eigenvalue weighted by molar-refractivity contribution is 0.196. The zero-order valence-electron chi connectivity index (χ0n) is 17.6. The van der Waals surface area contributed by atoms with Gasteiger partial charge in [0.25, 0.3) is 5.56 Å². The van der Waals surface area contributed by atoms with Crippen molar-refractivity contribution in [1.82, 2.24) is 24.6 Å². The maximum Gasteiger partial charge on any atom is 0.251 e. The van der Waals surface area contributed by atoms with Crippen molar-refractivity contribution in [1.29, 1.82) is 0 Å². The Morgan fingerprint density at radius 1 is 1.28 bits per heavy atom. The van der Waals surface area contributed by atoms with Crippen LogP contribution in [0.3, 0.4) is 0 Å². The molecular formula is C22H31N5O3S2. The van der Waals surface area contributed by atoms with E-state index in [1.807, 2.05) is 32.2 Å². The number of aromatic amines is 2. The predicted octanol–water partition coefficient (Wildman–Crippen LogP) is 3.28. The summed E-state index contributed by atoms with van der Waals surface area (Å²) in [5.41, 5.74) is 2.21. The minimum atomic E-state index is -3.59. The lowest BCUT2D eigenvalue weighted by Gasteiger charge is -2.31. The summed E-state index contributed by atoms with van der Waals surface area (Å²) in [5, 5.41) is 0. The second-order valence-electron chi connectivity index (χ2n) is 7.84. The monoisotopic (exact) mass is 477 g/mol. The first-order chi connectivity index (χ1) is 14.9. The Morgan fingerprint density at radius 3 is 2.69 bits per heavy atom. The van der Waals surface area contributed by atoms with E-state index in [1.54, 1.807) is 12.3 Å². The van der Waals surface area contributed by atoms with Crippen molar-refractivity contribution >= 4 is 21.4 Å². The molecule has 0 spiro atoms. The number of nitrogens with zero attached hydrogens (tertiary/aromatic N) is 2. The first-order valence-corrected chi connectivity index (χ1v) is 12.7. The summed E-state index contributed by atoms with van der Waals surface area (Å²) in [6.07, 6.45) is 5.69. The molecule has 1 saturated heterocycles. The highest BCUT2D eigenvalue weighted by Crippen LogP contribution is 2.32. The van der Waals surface area contributed by atoms with Gasteiger partial charge in [-0.05, 0) is 44.4 Å². The number of H-pyrrole nitrogens is 2. The Labute approximate surface area is 193 Å². The summed E-state index contributed by atoms with van der Waals surface area (Å²) < 4.78 is 29.1.